The lowest BCUT2D eigenvalue weighted by atomic mass is 9.77. The van der Waals surface area contributed by atoms with Gasteiger partial charge in [0.15, 0.2) is 0 Å². The summed E-state index contributed by atoms with van der Waals surface area (Å²) in [5.74, 6) is 0. The molecule has 1 saturated carbocycles. The van der Waals surface area contributed by atoms with E-state index in [1.54, 1.807) is 11.3 Å². The fraction of sp³-hybridized carbons (Fsp3) is 0.364. The number of hydrogen-bond acceptors (Lipinski definition) is 3. The summed E-state index contributed by atoms with van der Waals surface area (Å²) in [6, 6.07) is 5.93. The number of nitrogens with zero attached hydrogens (tertiary/aromatic N) is 1. The predicted molar refractivity (Wildman–Crippen MR) is 64.3 cm³/mol. The third kappa shape index (κ3) is 1.46. The van der Waals surface area contributed by atoms with E-state index in [0.29, 0.717) is 5.15 Å². The second-order valence-corrected chi connectivity index (χ2v) is 5.61. The molecular weight excluding hydrogens is 228 g/mol. The number of hydrogen-bond donors (Lipinski definition) is 1. The van der Waals surface area contributed by atoms with Gasteiger partial charge in [0.05, 0.1) is 15.8 Å². The highest BCUT2D eigenvalue weighted by molar-refractivity contribution is 7.19. The molecule has 1 aliphatic rings. The zero-order chi connectivity index (χ0) is 10.5. The number of pyridine rings is 1. The van der Waals surface area contributed by atoms with Crippen molar-refractivity contribution in [3.05, 3.63) is 28.2 Å². The van der Waals surface area contributed by atoms with Gasteiger partial charge in [-0.1, -0.05) is 11.6 Å². The van der Waals surface area contributed by atoms with E-state index in [2.05, 4.69) is 11.1 Å². The average molecular weight is 239 g/mol. The lowest BCUT2D eigenvalue weighted by Gasteiger charge is -2.37. The number of thiophene rings is 1. The number of aromatic nitrogens is 1. The maximum Gasteiger partial charge on any atom is 0.129 e. The van der Waals surface area contributed by atoms with Gasteiger partial charge in [0.1, 0.15) is 5.15 Å². The number of fused-ring (bicyclic) bond motifs is 1. The SMILES string of the molecule is NC1(c2cc3nc(Cl)ccc3s2)CCC1. The molecule has 0 unspecified atom stereocenters. The summed E-state index contributed by atoms with van der Waals surface area (Å²) in [4.78, 5) is 5.54. The fourth-order valence-corrected chi connectivity index (χ4v) is 3.26. The molecule has 0 aromatic carbocycles. The molecule has 1 aliphatic carbocycles. The first-order valence-electron chi connectivity index (χ1n) is 5.03. The Morgan fingerprint density at radius 1 is 1.40 bits per heavy atom. The molecule has 2 N–H and O–H groups in total. The molecule has 0 amide bonds. The van der Waals surface area contributed by atoms with E-state index >= 15 is 0 Å². The highest BCUT2D eigenvalue weighted by Crippen LogP contribution is 2.43. The van der Waals surface area contributed by atoms with Crippen LogP contribution in [0.15, 0.2) is 18.2 Å². The van der Waals surface area contributed by atoms with Crippen molar-refractivity contribution in [2.24, 2.45) is 5.73 Å². The van der Waals surface area contributed by atoms with Crippen molar-refractivity contribution in [3.8, 4) is 0 Å². The predicted octanol–water partition coefficient (Wildman–Crippen LogP) is 3.29. The van der Waals surface area contributed by atoms with Crippen LogP contribution in [0.1, 0.15) is 24.1 Å². The molecular formula is C11H11ClN2S. The van der Waals surface area contributed by atoms with Gasteiger partial charge in [0, 0.05) is 4.88 Å². The highest BCUT2D eigenvalue weighted by atomic mass is 35.5. The van der Waals surface area contributed by atoms with Crippen LogP contribution in [0, 0.1) is 0 Å². The van der Waals surface area contributed by atoms with E-state index in [-0.39, 0.29) is 5.54 Å². The molecule has 2 nitrogen and oxygen atoms in total. The molecule has 4 heteroatoms. The monoisotopic (exact) mass is 238 g/mol. The van der Waals surface area contributed by atoms with Crippen LogP contribution < -0.4 is 5.73 Å². The highest BCUT2D eigenvalue weighted by Gasteiger charge is 2.35. The molecule has 0 aliphatic heterocycles. The van der Waals surface area contributed by atoms with Crippen LogP contribution >= 0.6 is 22.9 Å². The molecule has 2 heterocycles. The minimum Gasteiger partial charge on any atom is -0.321 e. The van der Waals surface area contributed by atoms with Gasteiger partial charge >= 0.3 is 0 Å². The molecule has 0 bridgehead atoms. The van der Waals surface area contributed by atoms with Gasteiger partial charge in [0.25, 0.3) is 0 Å². The van der Waals surface area contributed by atoms with Gasteiger partial charge in [-0.2, -0.15) is 0 Å². The van der Waals surface area contributed by atoms with Crippen LogP contribution in [0.3, 0.4) is 0 Å². The summed E-state index contributed by atoms with van der Waals surface area (Å²) in [5, 5.41) is 0.548. The molecule has 2 aromatic heterocycles. The van der Waals surface area contributed by atoms with Crippen LogP contribution in [0.25, 0.3) is 10.2 Å². The van der Waals surface area contributed by atoms with Gasteiger partial charge < -0.3 is 5.73 Å². The third-order valence-electron chi connectivity index (χ3n) is 3.08. The van der Waals surface area contributed by atoms with Gasteiger partial charge in [-0.3, -0.25) is 0 Å². The summed E-state index contributed by atoms with van der Waals surface area (Å²) < 4.78 is 1.17. The van der Waals surface area contributed by atoms with E-state index in [0.717, 1.165) is 18.4 Å². The smallest absolute Gasteiger partial charge is 0.129 e. The first-order valence-corrected chi connectivity index (χ1v) is 6.22. The fourth-order valence-electron chi connectivity index (χ4n) is 1.95. The Bertz CT molecular complexity index is 516. The Morgan fingerprint density at radius 3 is 2.87 bits per heavy atom. The second-order valence-electron chi connectivity index (χ2n) is 4.14. The topological polar surface area (TPSA) is 38.9 Å². The minimum absolute atomic E-state index is 0.0855. The van der Waals surface area contributed by atoms with E-state index in [4.69, 9.17) is 17.3 Å². The molecule has 0 spiro atoms. The van der Waals surface area contributed by atoms with Crippen molar-refractivity contribution >= 4 is 33.2 Å². The van der Waals surface area contributed by atoms with E-state index in [1.807, 2.05) is 12.1 Å². The zero-order valence-corrected chi connectivity index (χ0v) is 9.74. The lowest BCUT2D eigenvalue weighted by molar-refractivity contribution is 0.259. The average Bonchev–Trinajstić information content (AvgIpc) is 2.57. The Morgan fingerprint density at radius 2 is 2.20 bits per heavy atom. The molecule has 0 radical (unpaired) electrons. The Hall–Kier alpha value is -0.640. The van der Waals surface area contributed by atoms with Crippen molar-refractivity contribution in [1.29, 1.82) is 0 Å². The van der Waals surface area contributed by atoms with Crippen molar-refractivity contribution in [2.45, 2.75) is 24.8 Å². The zero-order valence-electron chi connectivity index (χ0n) is 8.16. The summed E-state index contributed by atoms with van der Waals surface area (Å²) >= 11 is 7.59. The van der Waals surface area contributed by atoms with Crippen LogP contribution in [-0.2, 0) is 5.54 Å². The molecule has 0 atom stereocenters. The number of nitrogens with two attached hydrogens (primary N) is 1. The van der Waals surface area contributed by atoms with Crippen LogP contribution in [0.5, 0.6) is 0 Å². The summed E-state index contributed by atoms with van der Waals surface area (Å²) in [5.41, 5.74) is 7.16. The quantitative estimate of drug-likeness (QED) is 0.775. The largest absolute Gasteiger partial charge is 0.321 e. The van der Waals surface area contributed by atoms with Gasteiger partial charge in [-0.25, -0.2) is 4.98 Å². The Balaban J connectivity index is 2.14. The molecule has 78 valence electrons. The number of rotatable bonds is 1. The molecule has 15 heavy (non-hydrogen) atoms. The van der Waals surface area contributed by atoms with E-state index < -0.39 is 0 Å². The van der Waals surface area contributed by atoms with E-state index in [9.17, 15) is 0 Å². The first kappa shape index (κ1) is 9.58. The van der Waals surface area contributed by atoms with Gasteiger partial charge in [0.2, 0.25) is 0 Å². The molecule has 1 fully saturated rings. The Kier molecular flexibility index (Phi) is 2.03. The van der Waals surface area contributed by atoms with Crippen LogP contribution in [-0.4, -0.2) is 4.98 Å². The van der Waals surface area contributed by atoms with Crippen molar-refractivity contribution in [1.82, 2.24) is 4.98 Å². The van der Waals surface area contributed by atoms with Gasteiger partial charge in [-0.05, 0) is 37.5 Å². The maximum absolute atomic E-state index is 6.28. The normalized spacial score (nSPS) is 19.1. The number of halogens is 1. The third-order valence-corrected chi connectivity index (χ3v) is 4.60. The molecule has 0 saturated heterocycles. The minimum atomic E-state index is -0.0855. The van der Waals surface area contributed by atoms with Crippen LogP contribution in [0.2, 0.25) is 5.15 Å². The summed E-state index contributed by atoms with van der Waals surface area (Å²) in [6.45, 7) is 0. The first-order chi connectivity index (χ1) is 7.17. The van der Waals surface area contributed by atoms with Crippen molar-refractivity contribution in [3.63, 3.8) is 0 Å². The summed E-state index contributed by atoms with van der Waals surface area (Å²) in [7, 11) is 0. The van der Waals surface area contributed by atoms with Gasteiger partial charge in [-0.15, -0.1) is 11.3 Å². The molecule has 2 aromatic rings. The summed E-state index contributed by atoms with van der Waals surface area (Å²) in [6.07, 6.45) is 3.42. The maximum atomic E-state index is 6.28. The van der Waals surface area contributed by atoms with Crippen LogP contribution in [0.4, 0.5) is 0 Å². The molecule has 3 rings (SSSR count). The van der Waals surface area contributed by atoms with Crippen molar-refractivity contribution < 1.29 is 0 Å². The second kappa shape index (κ2) is 3.17. The lowest BCUT2D eigenvalue weighted by Crippen LogP contribution is -2.42. The van der Waals surface area contributed by atoms with Crippen molar-refractivity contribution in [2.75, 3.05) is 0 Å². The Labute approximate surface area is 97.1 Å². The standard InChI is InChI=1S/C11H11ClN2S/c12-10-3-2-8-7(14-10)6-9(15-8)11(13)4-1-5-11/h2-3,6H,1,4-5,13H2. The van der Waals surface area contributed by atoms with E-state index in [1.165, 1.54) is 16.0 Å².